The van der Waals surface area contributed by atoms with Gasteiger partial charge in [0.25, 0.3) is 0 Å². The average Bonchev–Trinajstić information content (AvgIpc) is 2.68. The lowest BCUT2D eigenvalue weighted by Crippen LogP contribution is -2.44. The zero-order valence-electron chi connectivity index (χ0n) is 20.5. The lowest BCUT2D eigenvalue weighted by atomic mass is 10.2. The number of thioether (sulfide) groups is 2. The first-order valence-electron chi connectivity index (χ1n) is 10.6. The number of alkyl carbamates (subject to hydrolysis) is 2. The van der Waals surface area contributed by atoms with Crippen molar-refractivity contribution in [2.45, 2.75) is 64.5 Å². The van der Waals surface area contributed by atoms with Crippen molar-refractivity contribution in [3.8, 4) is 5.75 Å². The van der Waals surface area contributed by atoms with Gasteiger partial charge in [0, 0.05) is 23.8 Å². The predicted molar refractivity (Wildman–Crippen MR) is 134 cm³/mol. The van der Waals surface area contributed by atoms with Gasteiger partial charge in [-0.05, 0) is 59.2 Å². The number of rotatable bonds is 10. The number of amides is 2. The number of benzene rings is 1. The van der Waals surface area contributed by atoms with Crippen molar-refractivity contribution in [3.05, 3.63) is 29.8 Å². The third kappa shape index (κ3) is 13.9. The summed E-state index contributed by atoms with van der Waals surface area (Å²) in [6.07, 6.45) is -1.17. The molecule has 1 rings (SSSR count). The normalized spacial score (nSPS) is 12.5. The molecule has 0 radical (unpaired) electrons. The standard InChI is InChI=1S/C23H36N2O6S2/c1-22(2,3)30-20(27)24-12-13-33-19(26)18(25-21(28)31-23(4,5)6)15-32-14-16-8-10-17(29-7)11-9-16/h8-11,18H,12-15H2,1-7H3,(H,24,27)(H,25,28). The van der Waals surface area contributed by atoms with Crippen molar-refractivity contribution in [3.63, 3.8) is 0 Å². The summed E-state index contributed by atoms with van der Waals surface area (Å²) in [7, 11) is 1.61. The molecule has 0 saturated carbocycles. The molecular formula is C23H36N2O6S2. The van der Waals surface area contributed by atoms with Crippen LogP contribution in [0.5, 0.6) is 5.75 Å². The molecule has 33 heavy (non-hydrogen) atoms. The molecule has 10 heteroatoms. The van der Waals surface area contributed by atoms with Crippen LogP contribution in [0.1, 0.15) is 47.1 Å². The van der Waals surface area contributed by atoms with E-state index in [-0.39, 0.29) is 11.7 Å². The van der Waals surface area contributed by atoms with E-state index in [9.17, 15) is 14.4 Å². The van der Waals surface area contributed by atoms with Gasteiger partial charge in [0.05, 0.1) is 7.11 Å². The van der Waals surface area contributed by atoms with E-state index < -0.39 is 29.4 Å². The maximum atomic E-state index is 12.8. The maximum absolute atomic E-state index is 12.8. The highest BCUT2D eigenvalue weighted by Crippen LogP contribution is 2.19. The second-order valence-electron chi connectivity index (χ2n) is 9.16. The summed E-state index contributed by atoms with van der Waals surface area (Å²) < 4.78 is 15.6. The van der Waals surface area contributed by atoms with Crippen LogP contribution >= 0.6 is 23.5 Å². The van der Waals surface area contributed by atoms with Gasteiger partial charge in [0.15, 0.2) is 0 Å². The fraction of sp³-hybridized carbons (Fsp3) is 0.609. The van der Waals surface area contributed by atoms with Crippen molar-refractivity contribution >= 4 is 40.8 Å². The molecule has 0 heterocycles. The van der Waals surface area contributed by atoms with Crippen molar-refractivity contribution in [2.75, 3.05) is 25.2 Å². The van der Waals surface area contributed by atoms with Crippen molar-refractivity contribution in [1.29, 1.82) is 0 Å². The zero-order chi connectivity index (χ0) is 25.1. The topological polar surface area (TPSA) is 103 Å². The first kappa shape index (κ1) is 29.0. The van der Waals surface area contributed by atoms with E-state index in [2.05, 4.69) is 10.6 Å². The van der Waals surface area contributed by atoms with Crippen LogP contribution in [0.3, 0.4) is 0 Å². The molecule has 1 aromatic carbocycles. The molecular weight excluding hydrogens is 464 g/mol. The van der Waals surface area contributed by atoms with Gasteiger partial charge < -0.3 is 24.8 Å². The summed E-state index contributed by atoms with van der Waals surface area (Å²) in [4.78, 5) is 36.7. The minimum atomic E-state index is -0.727. The van der Waals surface area contributed by atoms with Crippen LogP contribution in [0.2, 0.25) is 0 Å². The van der Waals surface area contributed by atoms with Gasteiger partial charge in [-0.2, -0.15) is 11.8 Å². The monoisotopic (exact) mass is 500 g/mol. The number of ether oxygens (including phenoxy) is 3. The van der Waals surface area contributed by atoms with Crippen molar-refractivity contribution in [1.82, 2.24) is 10.6 Å². The fourth-order valence-corrected chi connectivity index (χ4v) is 4.22. The molecule has 0 aliphatic heterocycles. The van der Waals surface area contributed by atoms with Crippen LogP contribution in [0.4, 0.5) is 9.59 Å². The molecule has 1 unspecified atom stereocenters. The first-order valence-corrected chi connectivity index (χ1v) is 12.8. The third-order valence-electron chi connectivity index (χ3n) is 3.70. The molecule has 0 aromatic heterocycles. The molecule has 2 amide bonds. The molecule has 186 valence electrons. The van der Waals surface area contributed by atoms with E-state index in [4.69, 9.17) is 14.2 Å². The molecule has 0 spiro atoms. The van der Waals surface area contributed by atoms with Crippen LogP contribution in [0, 0.1) is 0 Å². The van der Waals surface area contributed by atoms with Crippen LogP contribution < -0.4 is 15.4 Å². The van der Waals surface area contributed by atoms with E-state index in [0.29, 0.717) is 17.3 Å². The van der Waals surface area contributed by atoms with Crippen LogP contribution in [0.15, 0.2) is 24.3 Å². The van der Waals surface area contributed by atoms with E-state index in [1.165, 1.54) is 11.8 Å². The maximum Gasteiger partial charge on any atom is 0.408 e. The van der Waals surface area contributed by atoms with Gasteiger partial charge in [-0.3, -0.25) is 4.79 Å². The summed E-state index contributed by atoms with van der Waals surface area (Å²) >= 11 is 2.58. The highest BCUT2D eigenvalue weighted by atomic mass is 32.2. The van der Waals surface area contributed by atoms with Crippen LogP contribution in [-0.4, -0.2) is 59.7 Å². The van der Waals surface area contributed by atoms with E-state index in [1.807, 2.05) is 24.3 Å². The van der Waals surface area contributed by atoms with Gasteiger partial charge in [0.1, 0.15) is 23.0 Å². The third-order valence-corrected chi connectivity index (χ3v) is 5.79. The quantitative estimate of drug-likeness (QED) is 0.449. The molecule has 0 saturated heterocycles. The fourth-order valence-electron chi connectivity index (χ4n) is 2.35. The molecule has 2 N–H and O–H groups in total. The SMILES string of the molecule is COc1ccc(CSCC(NC(=O)OC(C)(C)C)C(=O)SCCNC(=O)OC(C)(C)C)cc1. The minimum absolute atomic E-state index is 0.200. The second-order valence-corrected chi connectivity index (χ2v) is 11.3. The number of carbonyl (C=O) groups is 3. The molecule has 0 fully saturated rings. The summed E-state index contributed by atoms with van der Waals surface area (Å²) in [6, 6.07) is 6.95. The summed E-state index contributed by atoms with van der Waals surface area (Å²) in [5, 5.41) is 5.09. The van der Waals surface area contributed by atoms with Gasteiger partial charge in [0.2, 0.25) is 5.12 Å². The molecule has 1 aromatic rings. The summed E-state index contributed by atoms with van der Waals surface area (Å²) in [5.74, 6) is 2.19. The lowest BCUT2D eigenvalue weighted by molar-refractivity contribution is -0.112. The highest BCUT2D eigenvalue weighted by Gasteiger charge is 2.25. The molecule has 8 nitrogen and oxygen atoms in total. The average molecular weight is 501 g/mol. The van der Waals surface area contributed by atoms with E-state index in [1.54, 1.807) is 48.7 Å². The molecule has 0 bridgehead atoms. The lowest BCUT2D eigenvalue weighted by Gasteiger charge is -2.23. The predicted octanol–water partition coefficient (Wildman–Crippen LogP) is 4.61. The highest BCUT2D eigenvalue weighted by molar-refractivity contribution is 8.13. The second kappa shape index (κ2) is 13.6. The number of nitrogens with one attached hydrogen (secondary N) is 2. The van der Waals surface area contributed by atoms with Crippen molar-refractivity contribution in [2.24, 2.45) is 0 Å². The minimum Gasteiger partial charge on any atom is -0.497 e. The van der Waals surface area contributed by atoms with Crippen molar-refractivity contribution < 1.29 is 28.6 Å². The van der Waals surface area contributed by atoms with Gasteiger partial charge in [-0.15, -0.1) is 0 Å². The number of hydrogen-bond acceptors (Lipinski definition) is 8. The van der Waals surface area contributed by atoms with Gasteiger partial charge in [-0.25, -0.2) is 9.59 Å². The Morgan fingerprint density at radius 2 is 1.52 bits per heavy atom. The summed E-state index contributed by atoms with van der Waals surface area (Å²) in [5.41, 5.74) is -0.173. The van der Waals surface area contributed by atoms with Crippen LogP contribution in [-0.2, 0) is 20.0 Å². The van der Waals surface area contributed by atoms with E-state index in [0.717, 1.165) is 23.1 Å². The number of carbonyl (C=O) groups excluding carboxylic acids is 3. The Bertz CT molecular complexity index is 773. The smallest absolute Gasteiger partial charge is 0.408 e. The Morgan fingerprint density at radius 1 is 0.939 bits per heavy atom. The number of methoxy groups -OCH3 is 1. The first-order chi connectivity index (χ1) is 15.3. The number of hydrogen-bond donors (Lipinski definition) is 2. The Morgan fingerprint density at radius 3 is 2.06 bits per heavy atom. The Kier molecular flexibility index (Phi) is 11.9. The molecule has 0 aliphatic carbocycles. The zero-order valence-corrected chi connectivity index (χ0v) is 22.1. The van der Waals surface area contributed by atoms with Gasteiger partial charge >= 0.3 is 12.2 Å². The Balaban J connectivity index is 2.59. The van der Waals surface area contributed by atoms with Crippen LogP contribution in [0.25, 0.3) is 0 Å². The summed E-state index contributed by atoms with van der Waals surface area (Å²) in [6.45, 7) is 10.9. The Labute approximate surface area is 205 Å². The van der Waals surface area contributed by atoms with E-state index >= 15 is 0 Å². The largest absolute Gasteiger partial charge is 0.497 e. The molecule has 0 aliphatic rings. The van der Waals surface area contributed by atoms with Gasteiger partial charge in [-0.1, -0.05) is 23.9 Å². The molecule has 1 atom stereocenters. The Hall–Kier alpha value is -2.07.